The third kappa shape index (κ3) is 4.28. The molecule has 1 aromatic rings. The van der Waals surface area contributed by atoms with Crippen molar-refractivity contribution in [3.63, 3.8) is 0 Å². The van der Waals surface area contributed by atoms with Crippen LogP contribution in [-0.4, -0.2) is 21.5 Å². The minimum Gasteiger partial charge on any atom is -0.354 e. The lowest BCUT2D eigenvalue weighted by Gasteiger charge is -2.12. The summed E-state index contributed by atoms with van der Waals surface area (Å²) in [5.41, 5.74) is 0. The Labute approximate surface area is 110 Å². The summed E-state index contributed by atoms with van der Waals surface area (Å²) in [4.78, 5) is 12.1. The summed E-state index contributed by atoms with van der Waals surface area (Å²) in [7, 11) is 0. The van der Waals surface area contributed by atoms with Gasteiger partial charge in [0, 0.05) is 6.54 Å². The number of rotatable bonds is 3. The van der Waals surface area contributed by atoms with E-state index in [4.69, 9.17) is 34.8 Å². The number of halogens is 3. The zero-order valence-corrected chi connectivity index (χ0v) is 11.5. The van der Waals surface area contributed by atoms with Crippen LogP contribution in [-0.2, 0) is 3.79 Å². The first kappa shape index (κ1) is 13.7. The lowest BCUT2D eigenvalue weighted by Crippen LogP contribution is -2.16. The number of hydrogen-bond donors (Lipinski definition) is 1. The van der Waals surface area contributed by atoms with E-state index >= 15 is 0 Å². The molecular formula is C9H13Cl3N4. The first-order chi connectivity index (χ1) is 7.29. The van der Waals surface area contributed by atoms with E-state index in [9.17, 15) is 0 Å². The van der Waals surface area contributed by atoms with Crippen molar-refractivity contribution in [2.75, 3.05) is 11.9 Å². The second-order valence-corrected chi connectivity index (χ2v) is 6.08. The third-order valence-corrected chi connectivity index (χ3v) is 2.18. The number of nitrogens with one attached hydrogen (secondary N) is 1. The smallest absolute Gasteiger partial charge is 0.250 e. The zero-order chi connectivity index (χ0) is 12.3. The fraction of sp³-hybridized carbons (Fsp3) is 0.667. The monoisotopic (exact) mass is 282 g/mol. The van der Waals surface area contributed by atoms with Gasteiger partial charge >= 0.3 is 0 Å². The molecule has 0 atom stereocenters. The molecule has 0 spiro atoms. The summed E-state index contributed by atoms with van der Waals surface area (Å²) in [6, 6.07) is 0. The molecule has 0 aliphatic carbocycles. The number of anilines is 1. The van der Waals surface area contributed by atoms with E-state index < -0.39 is 3.79 Å². The van der Waals surface area contributed by atoms with Gasteiger partial charge in [-0.15, -0.1) is 0 Å². The molecule has 0 aliphatic rings. The lowest BCUT2D eigenvalue weighted by molar-refractivity contribution is 0.682. The summed E-state index contributed by atoms with van der Waals surface area (Å²) < 4.78 is -1.62. The average Bonchev–Trinajstić information content (AvgIpc) is 2.12. The van der Waals surface area contributed by atoms with E-state index in [0.717, 1.165) is 6.54 Å². The molecule has 0 amide bonds. The molecule has 1 rings (SSSR count). The van der Waals surface area contributed by atoms with Gasteiger partial charge in [0.1, 0.15) is 5.82 Å². The van der Waals surface area contributed by atoms with Gasteiger partial charge in [0.25, 0.3) is 0 Å². The maximum absolute atomic E-state index is 5.72. The molecule has 0 saturated carbocycles. The maximum Gasteiger partial charge on any atom is 0.250 e. The molecule has 0 aromatic carbocycles. The van der Waals surface area contributed by atoms with Gasteiger partial charge in [0.2, 0.25) is 9.74 Å². The van der Waals surface area contributed by atoms with Crippen molar-refractivity contribution in [1.82, 2.24) is 15.0 Å². The van der Waals surface area contributed by atoms with E-state index in [2.05, 4.69) is 34.1 Å². The van der Waals surface area contributed by atoms with Crippen LogP contribution in [0.5, 0.6) is 0 Å². The molecule has 1 N–H and O–H groups in total. The van der Waals surface area contributed by atoms with Crippen molar-refractivity contribution in [1.29, 1.82) is 0 Å². The predicted octanol–water partition coefficient (Wildman–Crippen LogP) is 3.07. The van der Waals surface area contributed by atoms with Crippen molar-refractivity contribution in [3.05, 3.63) is 11.6 Å². The summed E-state index contributed by atoms with van der Waals surface area (Å²) in [5.74, 6) is 1.56. The molecule has 0 bridgehead atoms. The van der Waals surface area contributed by atoms with Crippen molar-refractivity contribution in [2.45, 2.75) is 24.6 Å². The van der Waals surface area contributed by atoms with E-state index in [1.165, 1.54) is 0 Å². The van der Waals surface area contributed by atoms with Crippen LogP contribution in [0.1, 0.15) is 25.5 Å². The summed E-state index contributed by atoms with van der Waals surface area (Å²) >= 11 is 17.1. The van der Waals surface area contributed by atoms with Gasteiger partial charge in [-0.25, -0.2) is 4.98 Å². The van der Waals surface area contributed by atoms with Crippen molar-refractivity contribution in [2.24, 2.45) is 5.92 Å². The number of nitrogens with zero attached hydrogens (tertiary/aromatic N) is 3. The normalized spacial score (nSPS) is 11.9. The third-order valence-electron chi connectivity index (χ3n) is 1.67. The van der Waals surface area contributed by atoms with Gasteiger partial charge in [0.15, 0.2) is 5.82 Å². The zero-order valence-electron chi connectivity index (χ0n) is 9.26. The van der Waals surface area contributed by atoms with Gasteiger partial charge in [-0.3, -0.25) is 0 Å². The van der Waals surface area contributed by atoms with Gasteiger partial charge in [-0.2, -0.15) is 9.97 Å². The van der Waals surface area contributed by atoms with E-state index in [1.54, 1.807) is 6.92 Å². The van der Waals surface area contributed by atoms with Crippen LogP contribution in [0.4, 0.5) is 5.95 Å². The van der Waals surface area contributed by atoms with Gasteiger partial charge in [-0.1, -0.05) is 48.7 Å². The molecule has 0 unspecified atom stereocenters. The first-order valence-corrected chi connectivity index (χ1v) is 5.96. The average molecular weight is 284 g/mol. The largest absolute Gasteiger partial charge is 0.354 e. The molecule has 90 valence electrons. The van der Waals surface area contributed by atoms with Crippen molar-refractivity contribution in [3.8, 4) is 0 Å². The number of hydrogen-bond acceptors (Lipinski definition) is 4. The van der Waals surface area contributed by atoms with Gasteiger partial charge in [0.05, 0.1) is 0 Å². The maximum atomic E-state index is 5.72. The Hall–Kier alpha value is -0.320. The Balaban J connectivity index is 2.90. The molecule has 1 heterocycles. The number of alkyl halides is 3. The second kappa shape index (κ2) is 5.34. The Morgan fingerprint density at radius 3 is 2.31 bits per heavy atom. The molecule has 0 aliphatic heterocycles. The quantitative estimate of drug-likeness (QED) is 0.866. The molecule has 0 saturated heterocycles. The van der Waals surface area contributed by atoms with E-state index in [-0.39, 0.29) is 5.82 Å². The minimum atomic E-state index is -1.62. The number of aromatic nitrogens is 3. The fourth-order valence-electron chi connectivity index (χ4n) is 0.983. The standard InChI is InChI=1S/C9H13Cl3N4/c1-5(2)4-13-8-15-6(3)14-7(16-8)9(10,11)12/h5H,4H2,1-3H3,(H,13,14,15,16). The summed E-state index contributed by atoms with van der Waals surface area (Å²) in [6.45, 7) is 6.64. The van der Waals surface area contributed by atoms with Crippen LogP contribution < -0.4 is 5.32 Å². The highest BCUT2D eigenvalue weighted by Gasteiger charge is 2.27. The molecule has 16 heavy (non-hydrogen) atoms. The Morgan fingerprint density at radius 1 is 1.19 bits per heavy atom. The van der Waals surface area contributed by atoms with Crippen LogP contribution >= 0.6 is 34.8 Å². The topological polar surface area (TPSA) is 50.7 Å². The minimum absolute atomic E-state index is 0.135. The highest BCUT2D eigenvalue weighted by atomic mass is 35.6. The Morgan fingerprint density at radius 2 is 1.81 bits per heavy atom. The SMILES string of the molecule is Cc1nc(NCC(C)C)nc(C(Cl)(Cl)Cl)n1. The van der Waals surface area contributed by atoms with E-state index in [1.807, 2.05) is 0 Å². The van der Waals surface area contributed by atoms with Crippen molar-refractivity contribution >= 4 is 40.8 Å². The molecule has 0 fully saturated rings. The molecule has 4 nitrogen and oxygen atoms in total. The van der Waals surface area contributed by atoms with Crippen LogP contribution in [0, 0.1) is 12.8 Å². The Kier molecular flexibility index (Phi) is 4.59. The van der Waals surface area contributed by atoms with Gasteiger partial charge < -0.3 is 5.32 Å². The van der Waals surface area contributed by atoms with Crippen LogP contribution in [0.2, 0.25) is 0 Å². The lowest BCUT2D eigenvalue weighted by atomic mass is 10.2. The molecule has 7 heteroatoms. The summed E-state index contributed by atoms with van der Waals surface area (Å²) in [5, 5.41) is 3.06. The molecule has 0 radical (unpaired) electrons. The number of aryl methyl sites for hydroxylation is 1. The predicted molar refractivity (Wildman–Crippen MR) is 67.1 cm³/mol. The van der Waals surface area contributed by atoms with E-state index in [0.29, 0.717) is 17.7 Å². The van der Waals surface area contributed by atoms with Crippen molar-refractivity contribution < 1.29 is 0 Å². The van der Waals surface area contributed by atoms with Gasteiger partial charge in [-0.05, 0) is 12.8 Å². The van der Waals surface area contributed by atoms with Crippen LogP contribution in [0.25, 0.3) is 0 Å². The highest BCUT2D eigenvalue weighted by molar-refractivity contribution is 6.66. The second-order valence-electron chi connectivity index (χ2n) is 3.80. The fourth-order valence-corrected chi connectivity index (χ4v) is 1.24. The van der Waals surface area contributed by atoms with Crippen LogP contribution in [0.15, 0.2) is 0 Å². The first-order valence-electron chi connectivity index (χ1n) is 4.83. The van der Waals surface area contributed by atoms with Crippen LogP contribution in [0.3, 0.4) is 0 Å². The molecular weight excluding hydrogens is 270 g/mol. The highest BCUT2D eigenvalue weighted by Crippen LogP contribution is 2.35. The molecule has 1 aromatic heterocycles. The summed E-state index contributed by atoms with van der Waals surface area (Å²) in [6.07, 6.45) is 0. The Bertz CT molecular complexity index is 362.